The lowest BCUT2D eigenvalue weighted by atomic mass is 9.94. The molecule has 1 amide bonds. The molecule has 5 nitrogen and oxygen atoms in total. The minimum atomic E-state index is 0.136. The van der Waals surface area contributed by atoms with Crippen molar-refractivity contribution < 1.29 is 4.79 Å². The zero-order chi connectivity index (χ0) is 18.3. The van der Waals surface area contributed by atoms with Gasteiger partial charge in [-0.25, -0.2) is 4.98 Å². The third kappa shape index (κ3) is 3.38. The van der Waals surface area contributed by atoms with E-state index in [1.807, 2.05) is 25.1 Å². The van der Waals surface area contributed by atoms with Gasteiger partial charge in [-0.15, -0.1) is 0 Å². The molecule has 1 N–H and O–H groups in total. The normalized spacial score (nSPS) is 23.3. The van der Waals surface area contributed by atoms with E-state index in [9.17, 15) is 4.79 Å². The number of carbonyl (C=O) groups excluding carboxylic acids is 1. The fourth-order valence-corrected chi connectivity index (χ4v) is 4.38. The maximum absolute atomic E-state index is 13.1. The van der Waals surface area contributed by atoms with Gasteiger partial charge in [0.15, 0.2) is 0 Å². The summed E-state index contributed by atoms with van der Waals surface area (Å²) >= 11 is 6.12. The summed E-state index contributed by atoms with van der Waals surface area (Å²) in [6.07, 6.45) is 4.04. The number of carbonyl (C=O) groups is 1. The molecule has 3 aliphatic rings. The van der Waals surface area contributed by atoms with Crippen molar-refractivity contribution in [3.8, 4) is 0 Å². The predicted octanol–water partition coefficient (Wildman–Crippen LogP) is 3.42. The summed E-state index contributed by atoms with van der Waals surface area (Å²) in [5.74, 6) is 0.669. The Bertz CT molecular complexity index is 818. The SMILES string of the molecule is Cc1cc(C(=O)N2C[C@H]3CC[C@@H]2CN(Cc2nc[nH]c2C)C3)ccc1Cl. The second-order valence-electron chi connectivity index (χ2n) is 7.69. The molecule has 3 saturated heterocycles. The lowest BCUT2D eigenvalue weighted by Gasteiger charge is -2.36. The Morgan fingerprint density at radius 3 is 2.85 bits per heavy atom. The van der Waals surface area contributed by atoms with Crippen LogP contribution in [-0.4, -0.2) is 51.4 Å². The van der Waals surface area contributed by atoms with Gasteiger partial charge in [-0.1, -0.05) is 11.6 Å². The Morgan fingerprint density at radius 1 is 1.27 bits per heavy atom. The van der Waals surface area contributed by atoms with Gasteiger partial charge in [-0.3, -0.25) is 9.69 Å². The lowest BCUT2D eigenvalue weighted by molar-refractivity contribution is 0.0584. The van der Waals surface area contributed by atoms with Crippen LogP contribution in [0.5, 0.6) is 0 Å². The number of aromatic nitrogens is 2. The number of H-pyrrole nitrogens is 1. The number of hydrogen-bond acceptors (Lipinski definition) is 3. The van der Waals surface area contributed by atoms with Gasteiger partial charge in [0.25, 0.3) is 5.91 Å². The topological polar surface area (TPSA) is 52.2 Å². The van der Waals surface area contributed by atoms with Crippen LogP contribution in [0.15, 0.2) is 24.5 Å². The van der Waals surface area contributed by atoms with E-state index in [1.54, 1.807) is 6.33 Å². The van der Waals surface area contributed by atoms with Crippen LogP contribution < -0.4 is 0 Å². The summed E-state index contributed by atoms with van der Waals surface area (Å²) in [4.78, 5) is 25.3. The average molecular weight is 373 g/mol. The first-order chi connectivity index (χ1) is 12.5. The standard InChI is InChI=1S/C20H25ClN4O/c1-13-7-16(4-6-18(13)21)20(26)25-9-15-3-5-17(25)10-24(8-15)11-19-14(2)22-12-23-19/h4,6-7,12,15,17H,3,5,8-11H2,1-2H3,(H,22,23)/t15-,17+/m0/s1. The van der Waals surface area contributed by atoms with E-state index in [-0.39, 0.29) is 11.9 Å². The summed E-state index contributed by atoms with van der Waals surface area (Å²) in [5.41, 5.74) is 3.94. The second-order valence-corrected chi connectivity index (χ2v) is 8.09. The number of amides is 1. The van der Waals surface area contributed by atoms with Crippen molar-refractivity contribution >= 4 is 17.5 Å². The van der Waals surface area contributed by atoms with Crippen molar-refractivity contribution in [3.05, 3.63) is 52.1 Å². The van der Waals surface area contributed by atoms with Crippen LogP contribution in [0.4, 0.5) is 0 Å². The smallest absolute Gasteiger partial charge is 0.254 e. The molecule has 26 heavy (non-hydrogen) atoms. The molecule has 0 saturated carbocycles. The van der Waals surface area contributed by atoms with Gasteiger partial charge >= 0.3 is 0 Å². The van der Waals surface area contributed by atoms with Gasteiger partial charge in [0.2, 0.25) is 0 Å². The quantitative estimate of drug-likeness (QED) is 0.898. The third-order valence-corrected chi connectivity index (χ3v) is 6.19. The minimum absolute atomic E-state index is 0.136. The molecule has 5 rings (SSSR count). The van der Waals surface area contributed by atoms with Crippen molar-refractivity contribution in [2.75, 3.05) is 19.6 Å². The van der Waals surface area contributed by atoms with E-state index in [4.69, 9.17) is 11.6 Å². The minimum Gasteiger partial charge on any atom is -0.348 e. The average Bonchev–Trinajstić information content (AvgIpc) is 2.83. The molecule has 1 aromatic heterocycles. The fraction of sp³-hybridized carbons (Fsp3) is 0.500. The number of halogens is 1. The number of aryl methyl sites for hydroxylation is 2. The highest BCUT2D eigenvalue weighted by atomic mass is 35.5. The number of fused-ring (bicyclic) bond motifs is 4. The summed E-state index contributed by atoms with van der Waals surface area (Å²) in [6, 6.07) is 5.86. The van der Waals surface area contributed by atoms with E-state index in [1.165, 1.54) is 6.42 Å². The molecule has 2 bridgehead atoms. The molecule has 2 aromatic rings. The van der Waals surface area contributed by atoms with Crippen molar-refractivity contribution in [2.45, 2.75) is 39.3 Å². The van der Waals surface area contributed by atoms with Crippen LogP contribution in [0, 0.1) is 19.8 Å². The maximum atomic E-state index is 13.1. The van der Waals surface area contributed by atoms with E-state index in [2.05, 4.69) is 26.7 Å². The largest absolute Gasteiger partial charge is 0.348 e. The number of hydrogen-bond donors (Lipinski definition) is 1. The van der Waals surface area contributed by atoms with Crippen molar-refractivity contribution in [2.24, 2.45) is 5.92 Å². The molecule has 3 aliphatic heterocycles. The Balaban J connectivity index is 1.52. The molecule has 138 valence electrons. The summed E-state index contributed by atoms with van der Waals surface area (Å²) < 4.78 is 0. The molecule has 4 heterocycles. The van der Waals surface area contributed by atoms with Gasteiger partial charge in [0.05, 0.1) is 12.0 Å². The number of nitrogens with one attached hydrogen (secondary N) is 1. The zero-order valence-corrected chi connectivity index (χ0v) is 16.1. The van der Waals surface area contributed by atoms with Gasteiger partial charge in [0, 0.05) is 48.5 Å². The van der Waals surface area contributed by atoms with Crippen LogP contribution in [0.1, 0.15) is 40.2 Å². The van der Waals surface area contributed by atoms with Crippen molar-refractivity contribution in [1.82, 2.24) is 19.8 Å². The van der Waals surface area contributed by atoms with Crippen LogP contribution in [0.2, 0.25) is 5.02 Å². The zero-order valence-electron chi connectivity index (χ0n) is 15.3. The van der Waals surface area contributed by atoms with Gasteiger partial charge in [0.1, 0.15) is 0 Å². The molecule has 0 unspecified atom stereocenters. The molecule has 3 fully saturated rings. The Labute approximate surface area is 159 Å². The molecule has 0 spiro atoms. The van der Waals surface area contributed by atoms with Crippen molar-refractivity contribution in [1.29, 1.82) is 0 Å². The van der Waals surface area contributed by atoms with Gasteiger partial charge in [-0.05, 0) is 56.4 Å². The lowest BCUT2D eigenvalue weighted by Crippen LogP contribution is -2.47. The predicted molar refractivity (Wildman–Crippen MR) is 102 cm³/mol. The van der Waals surface area contributed by atoms with E-state index >= 15 is 0 Å². The van der Waals surface area contributed by atoms with Crippen LogP contribution in [0.3, 0.4) is 0 Å². The first-order valence-corrected chi connectivity index (χ1v) is 9.67. The number of nitrogens with zero attached hydrogens (tertiary/aromatic N) is 3. The Hall–Kier alpha value is -1.85. The highest BCUT2D eigenvalue weighted by Crippen LogP contribution is 2.30. The van der Waals surface area contributed by atoms with E-state index < -0.39 is 0 Å². The molecule has 0 aliphatic carbocycles. The summed E-state index contributed by atoms with van der Waals surface area (Å²) in [5, 5.41) is 0.708. The Kier molecular flexibility index (Phi) is 4.76. The van der Waals surface area contributed by atoms with Crippen molar-refractivity contribution in [3.63, 3.8) is 0 Å². The first-order valence-electron chi connectivity index (χ1n) is 9.29. The number of rotatable bonds is 3. The highest BCUT2D eigenvalue weighted by molar-refractivity contribution is 6.31. The van der Waals surface area contributed by atoms with Gasteiger partial charge < -0.3 is 9.88 Å². The number of imidazole rings is 1. The summed E-state index contributed by atoms with van der Waals surface area (Å²) in [7, 11) is 0. The molecule has 1 aromatic carbocycles. The number of benzene rings is 1. The van der Waals surface area contributed by atoms with Gasteiger partial charge in [-0.2, -0.15) is 0 Å². The molecular formula is C20H25ClN4O. The highest BCUT2D eigenvalue weighted by Gasteiger charge is 2.37. The molecule has 0 radical (unpaired) electrons. The molecule has 6 heteroatoms. The number of piperidine rings is 1. The van der Waals surface area contributed by atoms with E-state index in [0.29, 0.717) is 10.9 Å². The van der Waals surface area contributed by atoms with E-state index in [0.717, 1.165) is 55.1 Å². The van der Waals surface area contributed by atoms with Crippen LogP contribution >= 0.6 is 11.6 Å². The second kappa shape index (κ2) is 7.05. The van der Waals surface area contributed by atoms with Crippen LogP contribution in [0.25, 0.3) is 0 Å². The third-order valence-electron chi connectivity index (χ3n) is 5.76. The van der Waals surface area contributed by atoms with Crippen LogP contribution in [-0.2, 0) is 6.54 Å². The first kappa shape index (κ1) is 17.6. The maximum Gasteiger partial charge on any atom is 0.254 e. The monoisotopic (exact) mass is 372 g/mol. The molecular weight excluding hydrogens is 348 g/mol. The fourth-order valence-electron chi connectivity index (χ4n) is 4.26. The Morgan fingerprint density at radius 2 is 2.12 bits per heavy atom. The number of aromatic amines is 1. The summed E-state index contributed by atoms with van der Waals surface area (Å²) in [6.45, 7) is 7.66. The molecule has 2 atom stereocenters.